The first-order valence-corrected chi connectivity index (χ1v) is 21.0. The Kier molecular flexibility index (Phi) is 7.55. The van der Waals surface area contributed by atoms with Gasteiger partial charge in [0.25, 0.3) is 0 Å². The SMILES string of the molecule is C1=C[C@@H]2C=C(CC1)Sc1c2c(-c2ccc(C3C=C(n4c5ccccc5c5ccccc54)C=C(N4c5ccccc5Cc5ccccc54)C3)cc2)nc2ccccc12. The van der Waals surface area contributed by atoms with Crippen molar-refractivity contribution in [1.82, 2.24) is 9.55 Å². The third kappa shape index (κ3) is 5.31. The van der Waals surface area contributed by atoms with Crippen molar-refractivity contribution < 1.29 is 0 Å². The van der Waals surface area contributed by atoms with Gasteiger partial charge in [0.1, 0.15) is 0 Å². The second kappa shape index (κ2) is 13.1. The fraction of sp³-hybridized carbons (Fsp3) is 0.113. The largest absolute Gasteiger partial charge is 0.314 e. The second-order valence-corrected chi connectivity index (χ2v) is 16.9. The van der Waals surface area contributed by atoms with Gasteiger partial charge in [0, 0.05) is 73.2 Å². The Hall–Kier alpha value is -6.36. The highest BCUT2D eigenvalue weighted by Crippen LogP contribution is 2.51. The van der Waals surface area contributed by atoms with Crippen molar-refractivity contribution in [3.05, 3.63) is 209 Å². The summed E-state index contributed by atoms with van der Waals surface area (Å²) >= 11 is 1.95. The van der Waals surface area contributed by atoms with Gasteiger partial charge in [-0.15, -0.1) is 0 Å². The van der Waals surface area contributed by atoms with E-state index in [0.717, 1.165) is 36.9 Å². The van der Waals surface area contributed by atoms with Crippen molar-refractivity contribution >= 4 is 61.5 Å². The Labute approximate surface area is 337 Å². The molecule has 8 aromatic rings. The molecule has 4 aliphatic rings. The van der Waals surface area contributed by atoms with E-state index in [-0.39, 0.29) is 11.8 Å². The predicted molar refractivity (Wildman–Crippen MR) is 239 cm³/mol. The zero-order valence-electron chi connectivity index (χ0n) is 31.5. The Morgan fingerprint density at radius 3 is 2.02 bits per heavy atom. The van der Waals surface area contributed by atoms with E-state index in [1.807, 2.05) is 11.8 Å². The number of hydrogen-bond donors (Lipinski definition) is 0. The molecule has 2 aliphatic heterocycles. The quantitative estimate of drug-likeness (QED) is 0.167. The minimum absolute atomic E-state index is 0.152. The molecule has 4 heterocycles. The standard InChI is InChI=1S/C53H39N3S/c1-4-16-42-32-38(15-1)51-52(54-46-20-8-5-19-45(46)53(51)57-42)35-27-25-34(26-28-35)39-30-40(55-47-21-9-2-13-36(47)29-37-14-3-10-22-48(37)55)33-41(31-39)56-49-23-11-6-17-43(49)44-18-7-12-24-50(44)56/h1-3,5-15,17-28,31-33,38-39H,4,16,29-30H2/t38-,39?/m1/s1. The van der Waals surface area contributed by atoms with Crippen LogP contribution in [0, 0.1) is 0 Å². The fourth-order valence-corrected chi connectivity index (χ4v) is 11.1. The summed E-state index contributed by atoms with van der Waals surface area (Å²) < 4.78 is 2.48. The molecule has 0 spiro atoms. The molecule has 0 fully saturated rings. The maximum Gasteiger partial charge on any atom is 0.0762 e. The molecule has 2 atom stereocenters. The minimum Gasteiger partial charge on any atom is -0.314 e. The van der Waals surface area contributed by atoms with Crippen LogP contribution in [-0.4, -0.2) is 9.55 Å². The van der Waals surface area contributed by atoms with Crippen molar-refractivity contribution in [3.63, 3.8) is 0 Å². The van der Waals surface area contributed by atoms with Crippen molar-refractivity contribution in [2.24, 2.45) is 0 Å². The van der Waals surface area contributed by atoms with Crippen LogP contribution in [-0.2, 0) is 6.42 Å². The molecule has 6 aromatic carbocycles. The number of pyridine rings is 1. The van der Waals surface area contributed by atoms with Crippen LogP contribution in [0.2, 0.25) is 0 Å². The van der Waals surface area contributed by atoms with Gasteiger partial charge in [-0.2, -0.15) is 0 Å². The monoisotopic (exact) mass is 749 g/mol. The molecule has 2 aromatic heterocycles. The molecule has 0 saturated heterocycles. The molecule has 272 valence electrons. The summed E-state index contributed by atoms with van der Waals surface area (Å²) in [4.78, 5) is 10.8. The molecule has 3 nitrogen and oxygen atoms in total. The number of anilines is 2. The molecule has 12 rings (SSSR count). The first kappa shape index (κ1) is 32.8. The molecule has 1 unspecified atom stereocenters. The third-order valence-electron chi connectivity index (χ3n) is 12.4. The van der Waals surface area contributed by atoms with Crippen LogP contribution in [0.25, 0.3) is 49.7 Å². The van der Waals surface area contributed by atoms with E-state index >= 15 is 0 Å². The van der Waals surface area contributed by atoms with E-state index in [9.17, 15) is 0 Å². The molecule has 0 saturated carbocycles. The van der Waals surface area contributed by atoms with Gasteiger partial charge >= 0.3 is 0 Å². The molecular weight excluding hydrogens is 711 g/mol. The summed E-state index contributed by atoms with van der Waals surface area (Å²) in [6, 6.07) is 53.7. The average molecular weight is 750 g/mol. The highest BCUT2D eigenvalue weighted by molar-refractivity contribution is 8.03. The van der Waals surface area contributed by atoms with Crippen LogP contribution in [0.15, 0.2) is 191 Å². The summed E-state index contributed by atoms with van der Waals surface area (Å²) in [5.74, 6) is 0.392. The number of allylic oxidation sites excluding steroid dienone is 8. The molecular formula is C53H39N3S. The van der Waals surface area contributed by atoms with Crippen LogP contribution in [0.3, 0.4) is 0 Å². The van der Waals surface area contributed by atoms with E-state index < -0.39 is 0 Å². The van der Waals surface area contributed by atoms with Gasteiger partial charge in [0.05, 0.1) is 22.2 Å². The molecule has 2 bridgehead atoms. The fourth-order valence-electron chi connectivity index (χ4n) is 9.81. The Bertz CT molecular complexity index is 2970. The van der Waals surface area contributed by atoms with Crippen LogP contribution >= 0.6 is 11.8 Å². The van der Waals surface area contributed by atoms with Crippen molar-refractivity contribution in [2.45, 2.75) is 42.4 Å². The number of thioether (sulfide) groups is 1. The Morgan fingerprint density at radius 2 is 1.28 bits per heavy atom. The highest BCUT2D eigenvalue weighted by Gasteiger charge is 2.31. The van der Waals surface area contributed by atoms with Gasteiger partial charge in [0.2, 0.25) is 0 Å². The van der Waals surface area contributed by atoms with Crippen molar-refractivity contribution in [2.75, 3.05) is 4.90 Å². The van der Waals surface area contributed by atoms with Gasteiger partial charge in [-0.1, -0.05) is 151 Å². The summed E-state index contributed by atoms with van der Waals surface area (Å²) in [7, 11) is 0. The predicted octanol–water partition coefficient (Wildman–Crippen LogP) is 14.1. The normalized spacial score (nSPS) is 18.4. The number of nitrogens with zero attached hydrogens (tertiary/aromatic N) is 3. The third-order valence-corrected chi connectivity index (χ3v) is 13.7. The van der Waals surface area contributed by atoms with Gasteiger partial charge in [0.15, 0.2) is 0 Å². The summed E-state index contributed by atoms with van der Waals surface area (Å²) in [5, 5.41) is 3.81. The van der Waals surface area contributed by atoms with E-state index in [4.69, 9.17) is 4.98 Å². The van der Waals surface area contributed by atoms with Crippen molar-refractivity contribution in [3.8, 4) is 11.3 Å². The zero-order valence-corrected chi connectivity index (χ0v) is 32.3. The molecule has 0 N–H and O–H groups in total. The first-order chi connectivity index (χ1) is 28.2. The number of aromatic nitrogens is 2. The van der Waals surface area contributed by atoms with Gasteiger partial charge in [-0.25, -0.2) is 4.98 Å². The van der Waals surface area contributed by atoms with E-state index in [1.165, 1.54) is 87.6 Å². The number of rotatable bonds is 4. The van der Waals surface area contributed by atoms with E-state index in [2.05, 4.69) is 185 Å². The summed E-state index contributed by atoms with van der Waals surface area (Å²) in [6.45, 7) is 0. The topological polar surface area (TPSA) is 21.1 Å². The maximum atomic E-state index is 5.39. The second-order valence-electron chi connectivity index (χ2n) is 15.7. The maximum absolute atomic E-state index is 5.39. The van der Waals surface area contributed by atoms with Gasteiger partial charge in [-0.05, 0) is 77.3 Å². The molecule has 0 amide bonds. The number of fused-ring (bicyclic) bond motifs is 10. The number of hydrogen-bond acceptors (Lipinski definition) is 3. The van der Waals surface area contributed by atoms with E-state index in [1.54, 1.807) is 0 Å². The number of para-hydroxylation sites is 5. The lowest BCUT2D eigenvalue weighted by molar-refractivity contribution is 0.786. The van der Waals surface area contributed by atoms with Gasteiger partial charge in [-0.3, -0.25) is 0 Å². The lowest BCUT2D eigenvalue weighted by Crippen LogP contribution is -2.25. The Morgan fingerprint density at radius 1 is 0.632 bits per heavy atom. The van der Waals surface area contributed by atoms with E-state index in [0.29, 0.717) is 0 Å². The average Bonchev–Trinajstić information content (AvgIpc) is 3.49. The smallest absolute Gasteiger partial charge is 0.0762 e. The van der Waals surface area contributed by atoms with Crippen LogP contribution in [0.4, 0.5) is 11.4 Å². The minimum atomic E-state index is 0.152. The number of benzene rings is 6. The van der Waals surface area contributed by atoms with Crippen LogP contribution in [0.5, 0.6) is 0 Å². The Balaban J connectivity index is 1.02. The van der Waals surface area contributed by atoms with Gasteiger partial charge < -0.3 is 9.47 Å². The molecule has 4 heteroatoms. The highest BCUT2D eigenvalue weighted by atomic mass is 32.2. The van der Waals surface area contributed by atoms with Crippen LogP contribution in [0.1, 0.15) is 53.4 Å². The first-order valence-electron chi connectivity index (χ1n) is 20.2. The summed E-state index contributed by atoms with van der Waals surface area (Å²) in [6.07, 6.45) is 16.2. The summed E-state index contributed by atoms with van der Waals surface area (Å²) in [5.41, 5.74) is 16.2. The molecule has 0 radical (unpaired) electrons. The zero-order chi connectivity index (χ0) is 37.5. The molecule has 57 heavy (non-hydrogen) atoms. The lowest BCUT2D eigenvalue weighted by atomic mass is 9.86. The lowest BCUT2D eigenvalue weighted by Gasteiger charge is -2.37. The van der Waals surface area contributed by atoms with Crippen molar-refractivity contribution in [1.29, 1.82) is 0 Å². The van der Waals surface area contributed by atoms with Crippen LogP contribution < -0.4 is 4.90 Å². The molecule has 2 aliphatic carbocycles.